The van der Waals surface area contributed by atoms with Crippen molar-refractivity contribution in [2.24, 2.45) is 0 Å². The van der Waals surface area contributed by atoms with Crippen LogP contribution in [0.15, 0.2) is 54.9 Å². The van der Waals surface area contributed by atoms with Gasteiger partial charge in [-0.15, -0.1) is 0 Å². The Morgan fingerprint density at radius 2 is 1.68 bits per heavy atom. The van der Waals surface area contributed by atoms with Crippen molar-refractivity contribution in [3.63, 3.8) is 0 Å². The van der Waals surface area contributed by atoms with Crippen molar-refractivity contribution in [1.29, 1.82) is 0 Å². The van der Waals surface area contributed by atoms with Crippen molar-refractivity contribution in [1.82, 2.24) is 9.38 Å². The van der Waals surface area contributed by atoms with Gasteiger partial charge < -0.3 is 4.40 Å². The fourth-order valence-electron chi connectivity index (χ4n) is 2.02. The molecular formula is C14H9F3N2. The summed E-state index contributed by atoms with van der Waals surface area (Å²) in [5.74, 6) is 0. The summed E-state index contributed by atoms with van der Waals surface area (Å²) in [6.45, 7) is 0. The van der Waals surface area contributed by atoms with Crippen LogP contribution in [0.3, 0.4) is 0 Å². The summed E-state index contributed by atoms with van der Waals surface area (Å²) >= 11 is 0. The normalized spacial score (nSPS) is 11.9. The smallest absolute Gasteiger partial charge is 0.306 e. The minimum absolute atomic E-state index is 0.0960. The van der Waals surface area contributed by atoms with Gasteiger partial charge in [0.2, 0.25) is 0 Å². The molecule has 0 saturated carbocycles. The molecule has 0 atom stereocenters. The van der Waals surface area contributed by atoms with Gasteiger partial charge in [-0.25, -0.2) is 4.98 Å². The lowest BCUT2D eigenvalue weighted by Gasteiger charge is -2.10. The van der Waals surface area contributed by atoms with Crippen LogP contribution in [-0.2, 0) is 6.18 Å². The minimum atomic E-state index is -4.38. The first kappa shape index (κ1) is 11.8. The zero-order chi connectivity index (χ0) is 13.5. The predicted octanol–water partition coefficient (Wildman–Crippen LogP) is 4.02. The maximum Gasteiger partial charge on any atom is 0.417 e. The third kappa shape index (κ3) is 2.07. The predicted molar refractivity (Wildman–Crippen MR) is 65.6 cm³/mol. The molecule has 0 bridgehead atoms. The van der Waals surface area contributed by atoms with Crippen molar-refractivity contribution in [3.05, 3.63) is 60.4 Å². The maximum absolute atomic E-state index is 13.0. The summed E-state index contributed by atoms with van der Waals surface area (Å²) < 4.78 is 40.6. The number of aromatic nitrogens is 2. The molecule has 0 N–H and O–H groups in total. The number of rotatable bonds is 1. The van der Waals surface area contributed by atoms with Gasteiger partial charge in [0.15, 0.2) is 0 Å². The largest absolute Gasteiger partial charge is 0.417 e. The topological polar surface area (TPSA) is 17.3 Å². The average Bonchev–Trinajstić information content (AvgIpc) is 2.81. The van der Waals surface area contributed by atoms with Gasteiger partial charge in [0.1, 0.15) is 5.65 Å². The lowest BCUT2D eigenvalue weighted by atomic mass is 10.1. The molecule has 19 heavy (non-hydrogen) atoms. The van der Waals surface area contributed by atoms with E-state index in [1.54, 1.807) is 41.1 Å². The second-order valence-electron chi connectivity index (χ2n) is 4.14. The van der Waals surface area contributed by atoms with Gasteiger partial charge in [-0.1, -0.05) is 24.3 Å². The quantitative estimate of drug-likeness (QED) is 0.647. The Balaban J connectivity index is 2.22. The highest BCUT2D eigenvalue weighted by Crippen LogP contribution is 2.36. The third-order valence-electron chi connectivity index (χ3n) is 2.87. The average molecular weight is 262 g/mol. The number of benzene rings is 1. The van der Waals surface area contributed by atoms with Gasteiger partial charge in [-0.3, -0.25) is 0 Å². The molecular weight excluding hydrogens is 253 g/mol. The summed E-state index contributed by atoms with van der Waals surface area (Å²) in [6.07, 6.45) is -1.03. The van der Waals surface area contributed by atoms with Crippen LogP contribution in [0, 0.1) is 0 Å². The molecule has 2 aromatic heterocycles. The second kappa shape index (κ2) is 4.12. The highest BCUT2D eigenvalue weighted by atomic mass is 19.4. The van der Waals surface area contributed by atoms with Gasteiger partial charge in [0, 0.05) is 18.0 Å². The van der Waals surface area contributed by atoms with E-state index in [2.05, 4.69) is 4.98 Å². The molecule has 0 aliphatic carbocycles. The zero-order valence-electron chi connectivity index (χ0n) is 9.72. The molecule has 0 radical (unpaired) electrons. The van der Waals surface area contributed by atoms with Gasteiger partial charge in [-0.2, -0.15) is 13.2 Å². The van der Waals surface area contributed by atoms with E-state index < -0.39 is 11.7 Å². The fraction of sp³-hybridized carbons (Fsp3) is 0.0714. The van der Waals surface area contributed by atoms with Crippen molar-refractivity contribution < 1.29 is 13.2 Å². The summed E-state index contributed by atoms with van der Waals surface area (Å²) in [7, 11) is 0. The first-order chi connectivity index (χ1) is 9.05. The van der Waals surface area contributed by atoms with Crippen molar-refractivity contribution in [2.45, 2.75) is 6.18 Å². The standard InChI is InChI=1S/C14H9F3N2/c15-14(16,17)11-6-2-1-5-10(11)12-9-19-8-4-3-7-13(19)18-12/h1-9H. The minimum Gasteiger partial charge on any atom is -0.306 e. The van der Waals surface area contributed by atoms with E-state index in [1.165, 1.54) is 12.1 Å². The molecule has 3 aromatic rings. The number of alkyl halides is 3. The van der Waals surface area contributed by atoms with E-state index in [1.807, 2.05) is 0 Å². The number of halogens is 3. The summed E-state index contributed by atoms with van der Waals surface area (Å²) in [5, 5.41) is 0. The summed E-state index contributed by atoms with van der Waals surface area (Å²) in [4.78, 5) is 4.22. The monoisotopic (exact) mass is 262 g/mol. The number of fused-ring (bicyclic) bond motifs is 1. The Labute approximate surface area is 107 Å². The van der Waals surface area contributed by atoms with Crippen molar-refractivity contribution in [2.75, 3.05) is 0 Å². The van der Waals surface area contributed by atoms with Crippen LogP contribution < -0.4 is 0 Å². The Kier molecular flexibility index (Phi) is 2.55. The molecule has 0 aliphatic heterocycles. The molecule has 1 aromatic carbocycles. The van der Waals surface area contributed by atoms with E-state index in [4.69, 9.17) is 0 Å². The maximum atomic E-state index is 13.0. The molecule has 2 nitrogen and oxygen atoms in total. The van der Waals surface area contributed by atoms with Crippen LogP contribution in [0.4, 0.5) is 13.2 Å². The molecule has 96 valence electrons. The number of pyridine rings is 1. The van der Waals surface area contributed by atoms with E-state index in [9.17, 15) is 13.2 Å². The van der Waals surface area contributed by atoms with Gasteiger partial charge in [-0.05, 0) is 18.2 Å². The molecule has 0 spiro atoms. The Bertz CT molecular complexity index is 696. The molecule has 3 rings (SSSR count). The molecule has 0 aliphatic rings. The van der Waals surface area contributed by atoms with Gasteiger partial charge in [0.05, 0.1) is 11.3 Å². The highest BCUT2D eigenvalue weighted by molar-refractivity contribution is 5.66. The van der Waals surface area contributed by atoms with Crippen molar-refractivity contribution >= 4 is 5.65 Å². The third-order valence-corrected chi connectivity index (χ3v) is 2.87. The molecule has 2 heterocycles. The zero-order valence-corrected chi connectivity index (χ0v) is 9.72. The molecule has 0 saturated heterocycles. The summed E-state index contributed by atoms with van der Waals surface area (Å²) in [6, 6.07) is 10.8. The second-order valence-corrected chi connectivity index (χ2v) is 4.14. The van der Waals surface area contributed by atoms with Gasteiger partial charge in [0.25, 0.3) is 0 Å². The van der Waals surface area contributed by atoms with Crippen LogP contribution in [0.5, 0.6) is 0 Å². The molecule has 0 amide bonds. The SMILES string of the molecule is FC(F)(F)c1ccccc1-c1cn2ccccc2n1. The Morgan fingerprint density at radius 1 is 0.947 bits per heavy atom. The first-order valence-electron chi connectivity index (χ1n) is 5.66. The van der Waals surface area contributed by atoms with Gasteiger partial charge >= 0.3 is 6.18 Å². The van der Waals surface area contributed by atoms with Crippen LogP contribution in [-0.4, -0.2) is 9.38 Å². The fourth-order valence-corrected chi connectivity index (χ4v) is 2.02. The lowest BCUT2D eigenvalue weighted by Crippen LogP contribution is -2.06. The number of imidazole rings is 1. The number of hydrogen-bond donors (Lipinski definition) is 0. The van der Waals surface area contributed by atoms with Crippen molar-refractivity contribution in [3.8, 4) is 11.3 Å². The molecule has 5 heteroatoms. The number of nitrogens with zero attached hydrogens (tertiary/aromatic N) is 2. The van der Waals surface area contributed by atoms with Crippen LogP contribution in [0.1, 0.15) is 5.56 Å². The van der Waals surface area contributed by atoms with Crippen LogP contribution in [0.25, 0.3) is 16.9 Å². The van der Waals surface area contributed by atoms with Crippen LogP contribution in [0.2, 0.25) is 0 Å². The Morgan fingerprint density at radius 3 is 2.42 bits per heavy atom. The van der Waals surface area contributed by atoms with E-state index in [-0.39, 0.29) is 5.56 Å². The Hall–Kier alpha value is -2.30. The number of hydrogen-bond acceptors (Lipinski definition) is 1. The van der Waals surface area contributed by atoms with E-state index in [0.29, 0.717) is 11.3 Å². The van der Waals surface area contributed by atoms with E-state index in [0.717, 1.165) is 6.07 Å². The van der Waals surface area contributed by atoms with E-state index >= 15 is 0 Å². The molecule has 0 fully saturated rings. The summed E-state index contributed by atoms with van der Waals surface area (Å²) in [5.41, 5.74) is 0.366. The highest BCUT2D eigenvalue weighted by Gasteiger charge is 2.33. The van der Waals surface area contributed by atoms with Crippen LogP contribution >= 0.6 is 0 Å². The molecule has 0 unspecified atom stereocenters. The first-order valence-corrected chi connectivity index (χ1v) is 5.66. The lowest BCUT2D eigenvalue weighted by molar-refractivity contribution is -0.137.